The lowest BCUT2D eigenvalue weighted by molar-refractivity contribution is -0.141. The average molecular weight is 264 g/mol. The lowest BCUT2D eigenvalue weighted by Crippen LogP contribution is -2.37. The molecule has 1 N–H and O–H groups in total. The standard InChI is InChI=1S/C15H24N2O2/c18-13-11-15(6-1-2-7-15)14(19)17(13)10-5-12-3-8-16-9-4-12/h12,16H,1-11H2. The Balaban J connectivity index is 1.58. The Kier molecular flexibility index (Phi) is 3.61. The minimum atomic E-state index is -0.287. The molecular weight excluding hydrogens is 240 g/mol. The second-order valence-corrected chi connectivity index (χ2v) is 6.50. The number of nitrogens with zero attached hydrogens (tertiary/aromatic N) is 1. The molecule has 0 aromatic heterocycles. The Morgan fingerprint density at radius 2 is 1.84 bits per heavy atom. The van der Waals surface area contributed by atoms with E-state index in [2.05, 4.69) is 5.32 Å². The monoisotopic (exact) mass is 264 g/mol. The summed E-state index contributed by atoms with van der Waals surface area (Å²) in [5.74, 6) is 0.909. The van der Waals surface area contributed by atoms with Crippen LogP contribution in [0.15, 0.2) is 0 Å². The molecule has 3 fully saturated rings. The van der Waals surface area contributed by atoms with Crippen molar-refractivity contribution in [3.05, 3.63) is 0 Å². The van der Waals surface area contributed by atoms with Crippen LogP contribution in [-0.4, -0.2) is 36.3 Å². The number of hydrogen-bond acceptors (Lipinski definition) is 3. The van der Waals surface area contributed by atoms with E-state index in [0.717, 1.165) is 45.2 Å². The molecule has 0 unspecified atom stereocenters. The molecular formula is C15H24N2O2. The van der Waals surface area contributed by atoms with Gasteiger partial charge in [0, 0.05) is 13.0 Å². The normalized spacial score (nSPS) is 27.7. The van der Waals surface area contributed by atoms with Gasteiger partial charge in [-0.1, -0.05) is 12.8 Å². The predicted octanol–water partition coefficient (Wildman–Crippen LogP) is 1.70. The highest BCUT2D eigenvalue weighted by atomic mass is 16.2. The molecule has 0 radical (unpaired) electrons. The summed E-state index contributed by atoms with van der Waals surface area (Å²) < 4.78 is 0. The maximum Gasteiger partial charge on any atom is 0.235 e. The van der Waals surface area contributed by atoms with Gasteiger partial charge in [0.2, 0.25) is 11.8 Å². The third-order valence-electron chi connectivity index (χ3n) is 5.27. The quantitative estimate of drug-likeness (QED) is 0.789. The molecule has 2 amide bonds. The number of carbonyl (C=O) groups excluding carboxylic acids is 2. The molecule has 3 aliphatic rings. The van der Waals surface area contributed by atoms with Crippen LogP contribution in [0.1, 0.15) is 51.4 Å². The number of nitrogens with one attached hydrogen (secondary N) is 1. The first-order valence-corrected chi connectivity index (χ1v) is 7.77. The van der Waals surface area contributed by atoms with E-state index in [1.807, 2.05) is 0 Å². The van der Waals surface area contributed by atoms with Crippen molar-refractivity contribution in [2.75, 3.05) is 19.6 Å². The van der Waals surface area contributed by atoms with Gasteiger partial charge in [0.1, 0.15) is 0 Å². The lowest BCUT2D eigenvalue weighted by atomic mass is 9.84. The first-order valence-electron chi connectivity index (χ1n) is 7.77. The minimum Gasteiger partial charge on any atom is -0.317 e. The molecule has 2 saturated heterocycles. The molecule has 0 aromatic carbocycles. The molecule has 0 atom stereocenters. The number of amides is 2. The third-order valence-corrected chi connectivity index (χ3v) is 5.27. The highest BCUT2D eigenvalue weighted by Crippen LogP contribution is 2.46. The number of hydrogen-bond donors (Lipinski definition) is 1. The fourth-order valence-electron chi connectivity index (χ4n) is 4.01. The van der Waals surface area contributed by atoms with E-state index in [9.17, 15) is 9.59 Å². The number of likely N-dealkylation sites (tertiary alicyclic amines) is 1. The van der Waals surface area contributed by atoms with Crippen molar-refractivity contribution in [3.8, 4) is 0 Å². The maximum atomic E-state index is 12.5. The molecule has 106 valence electrons. The molecule has 1 spiro atoms. The van der Waals surface area contributed by atoms with E-state index in [1.54, 1.807) is 4.90 Å². The van der Waals surface area contributed by atoms with E-state index < -0.39 is 0 Å². The van der Waals surface area contributed by atoms with Gasteiger partial charge in [0.25, 0.3) is 0 Å². The van der Waals surface area contributed by atoms with Gasteiger partial charge in [-0.3, -0.25) is 14.5 Å². The van der Waals surface area contributed by atoms with Gasteiger partial charge in [-0.25, -0.2) is 0 Å². The van der Waals surface area contributed by atoms with Crippen molar-refractivity contribution in [1.82, 2.24) is 10.2 Å². The highest BCUT2D eigenvalue weighted by Gasteiger charge is 2.52. The van der Waals surface area contributed by atoms with Gasteiger partial charge in [-0.15, -0.1) is 0 Å². The second kappa shape index (κ2) is 5.23. The van der Waals surface area contributed by atoms with Gasteiger partial charge in [-0.05, 0) is 51.1 Å². The first-order chi connectivity index (χ1) is 9.21. The van der Waals surface area contributed by atoms with E-state index in [4.69, 9.17) is 0 Å². The van der Waals surface area contributed by atoms with Crippen LogP contribution in [0.5, 0.6) is 0 Å². The van der Waals surface area contributed by atoms with Gasteiger partial charge < -0.3 is 5.32 Å². The summed E-state index contributed by atoms with van der Waals surface area (Å²) in [6.07, 6.45) is 7.93. The molecule has 2 heterocycles. The van der Waals surface area contributed by atoms with E-state index in [-0.39, 0.29) is 17.2 Å². The number of imide groups is 1. The first kappa shape index (κ1) is 13.1. The van der Waals surface area contributed by atoms with Gasteiger partial charge in [-0.2, -0.15) is 0 Å². The molecule has 0 aromatic rings. The Labute approximate surface area is 114 Å². The SMILES string of the molecule is O=C1CC2(CCCC2)C(=O)N1CCC1CCNCC1. The van der Waals surface area contributed by atoms with Crippen molar-refractivity contribution >= 4 is 11.8 Å². The number of rotatable bonds is 3. The van der Waals surface area contributed by atoms with E-state index >= 15 is 0 Å². The molecule has 1 saturated carbocycles. The van der Waals surface area contributed by atoms with Crippen LogP contribution in [0.2, 0.25) is 0 Å². The van der Waals surface area contributed by atoms with Gasteiger partial charge in [0.05, 0.1) is 5.41 Å². The zero-order valence-electron chi connectivity index (χ0n) is 11.6. The number of carbonyl (C=O) groups is 2. The second-order valence-electron chi connectivity index (χ2n) is 6.50. The minimum absolute atomic E-state index is 0.0841. The van der Waals surface area contributed by atoms with Crippen molar-refractivity contribution in [2.24, 2.45) is 11.3 Å². The van der Waals surface area contributed by atoms with Crippen LogP contribution in [0.3, 0.4) is 0 Å². The topological polar surface area (TPSA) is 49.4 Å². The lowest BCUT2D eigenvalue weighted by Gasteiger charge is -2.25. The summed E-state index contributed by atoms with van der Waals surface area (Å²) in [6, 6.07) is 0. The van der Waals surface area contributed by atoms with Crippen LogP contribution >= 0.6 is 0 Å². The smallest absolute Gasteiger partial charge is 0.235 e. The van der Waals surface area contributed by atoms with E-state index in [1.165, 1.54) is 12.8 Å². The maximum absolute atomic E-state index is 12.5. The molecule has 4 nitrogen and oxygen atoms in total. The molecule has 19 heavy (non-hydrogen) atoms. The zero-order valence-corrected chi connectivity index (χ0v) is 11.6. The molecule has 2 aliphatic heterocycles. The van der Waals surface area contributed by atoms with Gasteiger partial charge >= 0.3 is 0 Å². The Morgan fingerprint density at radius 3 is 2.53 bits per heavy atom. The van der Waals surface area contributed by atoms with Crippen molar-refractivity contribution in [2.45, 2.75) is 51.4 Å². The predicted molar refractivity (Wildman–Crippen MR) is 72.4 cm³/mol. The molecule has 4 heteroatoms. The Bertz CT molecular complexity index is 368. The van der Waals surface area contributed by atoms with Gasteiger partial charge in [0.15, 0.2) is 0 Å². The molecule has 0 bridgehead atoms. The summed E-state index contributed by atoms with van der Waals surface area (Å²) in [5, 5.41) is 3.35. The van der Waals surface area contributed by atoms with Crippen LogP contribution in [0, 0.1) is 11.3 Å². The Morgan fingerprint density at radius 1 is 1.16 bits per heavy atom. The molecule has 1 aliphatic carbocycles. The van der Waals surface area contributed by atoms with Crippen LogP contribution in [0.25, 0.3) is 0 Å². The highest BCUT2D eigenvalue weighted by molar-refractivity contribution is 6.06. The molecule has 3 rings (SSSR count). The average Bonchev–Trinajstić information content (AvgIpc) is 2.97. The number of piperidine rings is 1. The zero-order chi connectivity index (χ0) is 13.3. The summed E-state index contributed by atoms with van der Waals surface area (Å²) in [5.41, 5.74) is -0.287. The summed E-state index contributed by atoms with van der Waals surface area (Å²) in [6.45, 7) is 2.82. The van der Waals surface area contributed by atoms with Crippen molar-refractivity contribution in [3.63, 3.8) is 0 Å². The fourth-order valence-corrected chi connectivity index (χ4v) is 4.01. The van der Waals surface area contributed by atoms with Crippen LogP contribution < -0.4 is 5.32 Å². The van der Waals surface area contributed by atoms with Crippen molar-refractivity contribution in [1.29, 1.82) is 0 Å². The summed E-state index contributed by atoms with van der Waals surface area (Å²) in [4.78, 5) is 26.2. The van der Waals surface area contributed by atoms with Crippen molar-refractivity contribution < 1.29 is 9.59 Å². The third kappa shape index (κ3) is 2.42. The summed E-state index contributed by atoms with van der Waals surface area (Å²) in [7, 11) is 0. The fraction of sp³-hybridized carbons (Fsp3) is 0.867. The van der Waals surface area contributed by atoms with Crippen LogP contribution in [-0.2, 0) is 9.59 Å². The van der Waals surface area contributed by atoms with E-state index in [0.29, 0.717) is 18.9 Å². The summed E-state index contributed by atoms with van der Waals surface area (Å²) >= 11 is 0. The van der Waals surface area contributed by atoms with Crippen LogP contribution in [0.4, 0.5) is 0 Å². The largest absolute Gasteiger partial charge is 0.317 e. The Hall–Kier alpha value is -0.900.